The number of aromatic carboxylic acids is 1. The van der Waals surface area contributed by atoms with E-state index in [0.29, 0.717) is 10.6 Å². The number of carboxylic acid groups (broad SMARTS) is 1. The Balaban J connectivity index is 2.27. The summed E-state index contributed by atoms with van der Waals surface area (Å²) in [6, 6.07) is 9.12. The molecule has 0 aliphatic carbocycles. The van der Waals surface area contributed by atoms with Crippen LogP contribution < -0.4 is 4.74 Å². The lowest BCUT2D eigenvalue weighted by molar-refractivity contribution is 0.0702. The summed E-state index contributed by atoms with van der Waals surface area (Å²) in [5.74, 6) is -0.818. The third-order valence-electron chi connectivity index (χ3n) is 2.61. The van der Waals surface area contributed by atoms with Crippen molar-refractivity contribution >= 4 is 27.1 Å². The summed E-state index contributed by atoms with van der Waals surface area (Å²) in [5, 5.41) is 8.83. The van der Waals surface area contributed by atoms with Crippen LogP contribution in [0.3, 0.4) is 0 Å². The number of benzene rings is 1. The Morgan fingerprint density at radius 3 is 2.65 bits per heavy atom. The second-order valence-corrected chi connectivity index (χ2v) is 7.17. The monoisotopic (exact) mass is 312 g/mol. The molecular formula is C13H12O5S2. The van der Waals surface area contributed by atoms with E-state index < -0.39 is 15.8 Å². The second kappa shape index (κ2) is 5.64. The normalized spacial score (nSPS) is 11.2. The SMILES string of the molecule is COc1cccc(S(=O)(=O)Cc2ccc(C(=O)O)s2)c1. The van der Waals surface area contributed by atoms with Gasteiger partial charge < -0.3 is 9.84 Å². The Kier molecular flexibility index (Phi) is 4.10. The molecule has 0 saturated carbocycles. The average molecular weight is 312 g/mol. The van der Waals surface area contributed by atoms with Crippen molar-refractivity contribution in [2.24, 2.45) is 0 Å². The zero-order chi connectivity index (χ0) is 14.8. The summed E-state index contributed by atoms with van der Waals surface area (Å²) in [4.78, 5) is 11.5. The van der Waals surface area contributed by atoms with Crippen LogP contribution in [0.25, 0.3) is 0 Å². The first-order chi connectivity index (χ1) is 9.42. The fourth-order valence-corrected chi connectivity index (χ4v) is 4.20. The molecule has 0 unspecified atom stereocenters. The number of thiophene rings is 1. The quantitative estimate of drug-likeness (QED) is 0.917. The molecule has 1 heterocycles. The molecule has 0 spiro atoms. The molecule has 20 heavy (non-hydrogen) atoms. The van der Waals surface area contributed by atoms with E-state index in [1.165, 1.54) is 31.4 Å². The van der Waals surface area contributed by atoms with Crippen LogP contribution in [0.2, 0.25) is 0 Å². The van der Waals surface area contributed by atoms with Gasteiger partial charge in [-0.1, -0.05) is 6.07 Å². The average Bonchev–Trinajstić information content (AvgIpc) is 2.87. The number of sulfone groups is 1. The molecule has 0 fully saturated rings. The van der Waals surface area contributed by atoms with E-state index in [-0.39, 0.29) is 15.5 Å². The van der Waals surface area contributed by atoms with Crippen LogP contribution in [0.5, 0.6) is 5.75 Å². The highest BCUT2D eigenvalue weighted by Crippen LogP contribution is 2.24. The van der Waals surface area contributed by atoms with Crippen LogP contribution in [0.4, 0.5) is 0 Å². The van der Waals surface area contributed by atoms with E-state index in [1.807, 2.05) is 0 Å². The molecule has 2 aromatic rings. The zero-order valence-electron chi connectivity index (χ0n) is 10.6. The predicted octanol–water partition coefficient (Wildman–Crippen LogP) is 2.43. The number of hydrogen-bond donors (Lipinski definition) is 1. The summed E-state index contributed by atoms with van der Waals surface area (Å²) < 4.78 is 29.5. The molecule has 7 heteroatoms. The maximum absolute atomic E-state index is 12.3. The number of carbonyl (C=O) groups is 1. The molecule has 0 amide bonds. The highest BCUT2D eigenvalue weighted by molar-refractivity contribution is 7.90. The van der Waals surface area contributed by atoms with Gasteiger partial charge in [0, 0.05) is 4.88 Å². The molecule has 0 atom stereocenters. The molecule has 1 aromatic carbocycles. The van der Waals surface area contributed by atoms with Crippen molar-refractivity contribution in [3.8, 4) is 5.75 Å². The van der Waals surface area contributed by atoms with Gasteiger partial charge in [-0.05, 0) is 30.3 Å². The lowest BCUT2D eigenvalue weighted by Gasteiger charge is -2.05. The van der Waals surface area contributed by atoms with Crippen molar-refractivity contribution in [1.29, 1.82) is 0 Å². The minimum absolute atomic E-state index is 0.126. The molecule has 0 aliphatic rings. The highest BCUT2D eigenvalue weighted by atomic mass is 32.2. The van der Waals surface area contributed by atoms with Crippen LogP contribution in [-0.4, -0.2) is 26.6 Å². The first-order valence-electron chi connectivity index (χ1n) is 5.61. The summed E-state index contributed by atoms with van der Waals surface area (Å²) in [5.41, 5.74) is 0. The smallest absolute Gasteiger partial charge is 0.345 e. The van der Waals surface area contributed by atoms with Crippen molar-refractivity contribution in [1.82, 2.24) is 0 Å². The fraction of sp³-hybridized carbons (Fsp3) is 0.154. The van der Waals surface area contributed by atoms with Gasteiger partial charge >= 0.3 is 5.97 Å². The molecule has 106 valence electrons. The molecule has 0 aliphatic heterocycles. The van der Waals surface area contributed by atoms with Gasteiger partial charge in [0.25, 0.3) is 0 Å². The zero-order valence-corrected chi connectivity index (χ0v) is 12.2. The van der Waals surface area contributed by atoms with Crippen LogP contribution >= 0.6 is 11.3 Å². The van der Waals surface area contributed by atoms with Crippen LogP contribution in [0.1, 0.15) is 14.5 Å². The summed E-state index contributed by atoms with van der Waals surface area (Å²) >= 11 is 0.963. The Morgan fingerprint density at radius 1 is 1.30 bits per heavy atom. The maximum Gasteiger partial charge on any atom is 0.345 e. The molecule has 5 nitrogen and oxygen atoms in total. The van der Waals surface area contributed by atoms with E-state index in [1.54, 1.807) is 12.1 Å². The van der Waals surface area contributed by atoms with Gasteiger partial charge in [0.15, 0.2) is 9.84 Å². The van der Waals surface area contributed by atoms with Crippen LogP contribution in [0, 0.1) is 0 Å². The number of carboxylic acids is 1. The molecular weight excluding hydrogens is 300 g/mol. The minimum atomic E-state index is -3.52. The molecule has 1 aromatic heterocycles. The summed E-state index contributed by atoms with van der Waals surface area (Å²) in [6.45, 7) is 0. The fourth-order valence-electron chi connectivity index (χ4n) is 1.64. The number of ether oxygens (including phenoxy) is 1. The van der Waals surface area contributed by atoms with Crippen molar-refractivity contribution in [3.05, 3.63) is 46.2 Å². The number of methoxy groups -OCH3 is 1. The summed E-state index contributed by atoms with van der Waals surface area (Å²) in [7, 11) is -2.06. The van der Waals surface area contributed by atoms with Gasteiger partial charge in [0.1, 0.15) is 10.6 Å². The van der Waals surface area contributed by atoms with Gasteiger partial charge in [-0.2, -0.15) is 0 Å². The first-order valence-corrected chi connectivity index (χ1v) is 8.08. The Bertz CT molecular complexity index is 731. The largest absolute Gasteiger partial charge is 0.497 e. The molecule has 0 radical (unpaired) electrons. The lowest BCUT2D eigenvalue weighted by Crippen LogP contribution is -2.04. The van der Waals surface area contributed by atoms with Gasteiger partial charge in [-0.25, -0.2) is 13.2 Å². The Labute approximate surface area is 120 Å². The van der Waals surface area contributed by atoms with Gasteiger partial charge in [-0.3, -0.25) is 0 Å². The third-order valence-corrected chi connectivity index (χ3v) is 5.52. The molecule has 0 bridgehead atoms. The Hall–Kier alpha value is -1.86. The van der Waals surface area contributed by atoms with E-state index in [2.05, 4.69) is 0 Å². The minimum Gasteiger partial charge on any atom is -0.497 e. The van der Waals surface area contributed by atoms with Crippen molar-refractivity contribution in [3.63, 3.8) is 0 Å². The van der Waals surface area contributed by atoms with Gasteiger partial charge in [0.05, 0.1) is 17.8 Å². The molecule has 0 saturated heterocycles. The van der Waals surface area contributed by atoms with E-state index in [4.69, 9.17) is 9.84 Å². The molecule has 2 rings (SSSR count). The van der Waals surface area contributed by atoms with Crippen molar-refractivity contribution < 1.29 is 23.1 Å². The third kappa shape index (κ3) is 3.17. The maximum atomic E-state index is 12.3. The van der Waals surface area contributed by atoms with E-state index in [9.17, 15) is 13.2 Å². The van der Waals surface area contributed by atoms with Crippen LogP contribution in [-0.2, 0) is 15.6 Å². The van der Waals surface area contributed by atoms with Gasteiger partial charge in [0.2, 0.25) is 0 Å². The predicted molar refractivity (Wildman–Crippen MR) is 75.2 cm³/mol. The molecule has 1 N–H and O–H groups in total. The second-order valence-electron chi connectivity index (χ2n) is 4.01. The first kappa shape index (κ1) is 14.5. The van der Waals surface area contributed by atoms with Crippen molar-refractivity contribution in [2.75, 3.05) is 7.11 Å². The Morgan fingerprint density at radius 2 is 2.05 bits per heavy atom. The van der Waals surface area contributed by atoms with Gasteiger partial charge in [-0.15, -0.1) is 11.3 Å². The van der Waals surface area contributed by atoms with Crippen molar-refractivity contribution in [2.45, 2.75) is 10.6 Å². The van der Waals surface area contributed by atoms with Crippen LogP contribution in [0.15, 0.2) is 41.3 Å². The summed E-state index contributed by atoms with van der Waals surface area (Å²) in [6.07, 6.45) is 0. The highest BCUT2D eigenvalue weighted by Gasteiger charge is 2.18. The van der Waals surface area contributed by atoms with E-state index >= 15 is 0 Å². The standard InChI is InChI=1S/C13H12O5S2/c1-18-9-3-2-4-11(7-9)20(16,17)8-10-5-6-12(19-10)13(14)15/h2-7H,8H2,1H3,(H,14,15). The number of hydrogen-bond acceptors (Lipinski definition) is 5. The topological polar surface area (TPSA) is 80.7 Å². The lowest BCUT2D eigenvalue weighted by atomic mass is 10.3. The van der Waals surface area contributed by atoms with E-state index in [0.717, 1.165) is 11.3 Å². The number of rotatable bonds is 5.